The van der Waals surface area contributed by atoms with E-state index in [1.807, 2.05) is 19.9 Å². The zero-order valence-corrected chi connectivity index (χ0v) is 5.61. The van der Waals surface area contributed by atoms with Crippen LogP contribution in [0.3, 0.4) is 0 Å². The molecule has 0 atom stereocenters. The van der Waals surface area contributed by atoms with Crippen molar-refractivity contribution in [1.82, 2.24) is 0 Å². The second kappa shape index (κ2) is 3.12. The van der Waals surface area contributed by atoms with E-state index in [-0.39, 0.29) is 0 Å². The second-order valence-electron chi connectivity index (χ2n) is 1.28. The first-order valence-corrected chi connectivity index (χ1v) is 3.29. The molecule has 0 spiro atoms. The fourth-order valence-electron chi connectivity index (χ4n) is 0.0833. The summed E-state index contributed by atoms with van der Waals surface area (Å²) in [7, 11) is -1.05. The Kier molecular flexibility index (Phi) is 3.08. The summed E-state index contributed by atoms with van der Waals surface area (Å²) in [4.78, 5) is 9.93. The summed E-state index contributed by atoms with van der Waals surface area (Å²) >= 11 is 0. The lowest BCUT2D eigenvalue weighted by Gasteiger charge is -1.80. The normalized spacial score (nSPS) is 14.2. The molecule has 0 rings (SSSR count). The van der Waals surface area contributed by atoms with E-state index >= 15 is 0 Å². The van der Waals surface area contributed by atoms with Gasteiger partial charge in [0.2, 0.25) is 9.76 Å². The molecule has 1 radical (unpaired) electrons. The molecule has 35 valence electrons. The third-order valence-corrected chi connectivity index (χ3v) is 1.58. The van der Waals surface area contributed by atoms with E-state index in [9.17, 15) is 4.80 Å². The van der Waals surface area contributed by atoms with Gasteiger partial charge in [-0.15, -0.1) is 0 Å². The van der Waals surface area contributed by atoms with Crippen LogP contribution in [0.1, 0.15) is 13.8 Å². The molecule has 0 saturated carbocycles. The molecule has 0 fully saturated rings. The molecule has 0 N–H and O–H groups in total. The second-order valence-corrected chi connectivity index (χ2v) is 2.68. The quantitative estimate of drug-likeness (QED) is 0.427. The highest BCUT2D eigenvalue weighted by atomic mass is 28.2. The van der Waals surface area contributed by atoms with Crippen molar-refractivity contribution in [3.63, 3.8) is 0 Å². The van der Waals surface area contributed by atoms with Gasteiger partial charge in [-0.05, 0) is 13.8 Å². The van der Waals surface area contributed by atoms with Crippen LogP contribution in [-0.4, -0.2) is 9.76 Å². The van der Waals surface area contributed by atoms with Gasteiger partial charge in [-0.1, -0.05) is 11.3 Å². The average Bonchev–Trinajstić information content (AvgIpc) is 1.65. The monoisotopic (exact) mass is 101 g/mol. The summed E-state index contributed by atoms with van der Waals surface area (Å²) < 4.78 is 0. The van der Waals surface area contributed by atoms with Crippen molar-refractivity contribution < 1.29 is 4.80 Å². The van der Waals surface area contributed by atoms with Gasteiger partial charge in [0.15, 0.2) is 0 Å². The van der Waals surface area contributed by atoms with Crippen LogP contribution in [0, 0.1) is 0 Å². The maximum absolute atomic E-state index is 9.93. The Hall–Kier alpha value is -0.0831. The minimum atomic E-state index is -1.05. The van der Waals surface area contributed by atoms with E-state index in [0.717, 1.165) is 5.20 Å². The summed E-state index contributed by atoms with van der Waals surface area (Å²) in [6.45, 7) is 3.79. The minimum absolute atomic E-state index is 1.05. The zero-order chi connectivity index (χ0) is 4.99. The molecule has 0 aromatic carbocycles. The Balaban J connectivity index is 3.22. The molecule has 0 unspecified atom stereocenters. The predicted molar refractivity (Wildman–Crippen MR) is 28.7 cm³/mol. The van der Waals surface area contributed by atoms with E-state index in [4.69, 9.17) is 0 Å². The first-order valence-electron chi connectivity index (χ1n) is 2.01. The van der Waals surface area contributed by atoms with Crippen molar-refractivity contribution >= 4 is 9.76 Å². The summed E-state index contributed by atoms with van der Waals surface area (Å²) in [5, 5.41) is 1.05. The van der Waals surface area contributed by atoms with Gasteiger partial charge >= 0.3 is 0 Å². The highest BCUT2D eigenvalue weighted by Gasteiger charge is 1.79. The van der Waals surface area contributed by atoms with E-state index in [2.05, 4.69) is 0 Å². The molecule has 6 heavy (non-hydrogen) atoms. The molecular weight excluding hydrogens is 92.1 g/mol. The van der Waals surface area contributed by atoms with Crippen LogP contribution in [0.5, 0.6) is 0 Å². The maximum Gasteiger partial charge on any atom is 0.233 e. The number of hydrogen-bond donors (Lipinski definition) is 0. The average molecular weight is 101 g/mol. The van der Waals surface area contributed by atoms with Crippen LogP contribution in [0.25, 0.3) is 0 Å². The SMILES string of the molecule is C/C=C(\C)[SiH2][O]. The van der Waals surface area contributed by atoms with Gasteiger partial charge < -0.3 is 4.80 Å². The van der Waals surface area contributed by atoms with Crippen LogP contribution in [0.4, 0.5) is 0 Å². The van der Waals surface area contributed by atoms with Gasteiger partial charge in [-0.2, -0.15) is 0 Å². The molecule has 0 aliphatic heterocycles. The number of rotatable bonds is 1. The summed E-state index contributed by atoms with van der Waals surface area (Å²) in [5.41, 5.74) is 0. The highest BCUT2D eigenvalue weighted by Crippen LogP contribution is 1.82. The van der Waals surface area contributed by atoms with Crippen molar-refractivity contribution in [1.29, 1.82) is 0 Å². The Labute approximate surface area is 40.6 Å². The highest BCUT2D eigenvalue weighted by molar-refractivity contribution is 6.35. The van der Waals surface area contributed by atoms with Gasteiger partial charge in [0, 0.05) is 0 Å². The first kappa shape index (κ1) is 5.92. The fourth-order valence-corrected chi connectivity index (χ4v) is 0.250. The third-order valence-electron chi connectivity index (χ3n) is 0.720. The molecule has 0 heterocycles. The molecule has 0 saturated heterocycles. The maximum atomic E-state index is 9.93. The van der Waals surface area contributed by atoms with Gasteiger partial charge in [0.25, 0.3) is 0 Å². The zero-order valence-electron chi connectivity index (χ0n) is 4.19. The Morgan fingerprint density at radius 2 is 2.33 bits per heavy atom. The van der Waals surface area contributed by atoms with Crippen molar-refractivity contribution in [2.75, 3.05) is 0 Å². The Bertz CT molecular complexity index is 58.6. The fraction of sp³-hybridized carbons (Fsp3) is 0.500. The third kappa shape index (κ3) is 2.17. The standard InChI is InChI=1S/C4H9OSi/c1-3-4(2)6-5/h3H,6H2,1-2H3/b4-3+. The Morgan fingerprint density at radius 3 is 2.33 bits per heavy atom. The predicted octanol–water partition coefficient (Wildman–Crippen LogP) is 0.424. The minimum Gasteiger partial charge on any atom is -0.301 e. The van der Waals surface area contributed by atoms with Crippen LogP contribution in [0.15, 0.2) is 11.3 Å². The summed E-state index contributed by atoms with van der Waals surface area (Å²) in [5.74, 6) is 0. The topological polar surface area (TPSA) is 19.9 Å². The molecule has 0 aliphatic rings. The largest absolute Gasteiger partial charge is 0.301 e. The van der Waals surface area contributed by atoms with Crippen LogP contribution >= 0.6 is 0 Å². The molecule has 0 aromatic rings. The molecular formula is C4H9OSi. The lowest BCUT2D eigenvalue weighted by atomic mass is 10.6. The van der Waals surface area contributed by atoms with Gasteiger partial charge in [-0.25, -0.2) is 0 Å². The molecule has 1 nitrogen and oxygen atoms in total. The first-order chi connectivity index (χ1) is 2.81. The van der Waals surface area contributed by atoms with Crippen LogP contribution in [0.2, 0.25) is 0 Å². The van der Waals surface area contributed by atoms with Crippen LogP contribution in [-0.2, 0) is 4.80 Å². The number of hydrogen-bond acceptors (Lipinski definition) is 0. The summed E-state index contributed by atoms with van der Waals surface area (Å²) in [6, 6.07) is 0. The smallest absolute Gasteiger partial charge is 0.233 e. The van der Waals surface area contributed by atoms with Crippen LogP contribution < -0.4 is 0 Å². The van der Waals surface area contributed by atoms with Crippen molar-refractivity contribution in [3.05, 3.63) is 11.3 Å². The molecule has 0 amide bonds. The molecule has 0 bridgehead atoms. The Morgan fingerprint density at radius 1 is 1.83 bits per heavy atom. The van der Waals surface area contributed by atoms with E-state index in [1.165, 1.54) is 0 Å². The van der Waals surface area contributed by atoms with Gasteiger partial charge in [-0.3, -0.25) is 0 Å². The van der Waals surface area contributed by atoms with E-state index < -0.39 is 9.76 Å². The summed E-state index contributed by atoms with van der Waals surface area (Å²) in [6.07, 6.45) is 1.89. The van der Waals surface area contributed by atoms with Gasteiger partial charge in [0.05, 0.1) is 0 Å². The van der Waals surface area contributed by atoms with Gasteiger partial charge in [0.1, 0.15) is 0 Å². The van der Waals surface area contributed by atoms with Crippen molar-refractivity contribution in [2.45, 2.75) is 13.8 Å². The van der Waals surface area contributed by atoms with Crippen molar-refractivity contribution in [2.24, 2.45) is 0 Å². The lowest BCUT2D eigenvalue weighted by Crippen LogP contribution is -1.83. The molecule has 0 aromatic heterocycles. The van der Waals surface area contributed by atoms with E-state index in [1.54, 1.807) is 0 Å². The number of allylic oxidation sites excluding steroid dienone is 2. The molecule has 0 aliphatic carbocycles. The van der Waals surface area contributed by atoms with E-state index in [0.29, 0.717) is 0 Å². The molecule has 2 heteroatoms. The van der Waals surface area contributed by atoms with Crippen molar-refractivity contribution in [3.8, 4) is 0 Å². The lowest BCUT2D eigenvalue weighted by molar-refractivity contribution is 0.480.